The second-order valence-corrected chi connectivity index (χ2v) is 6.93. The third-order valence-electron chi connectivity index (χ3n) is 4.92. The van der Waals surface area contributed by atoms with Gasteiger partial charge in [0.15, 0.2) is 6.61 Å². The number of carbonyl (C=O) groups excluding carboxylic acids is 3. The van der Waals surface area contributed by atoms with Crippen LogP contribution in [0.4, 0.5) is 5.69 Å². The highest BCUT2D eigenvalue weighted by molar-refractivity contribution is 5.98. The highest BCUT2D eigenvalue weighted by Gasteiger charge is 2.29. The Hall–Kier alpha value is -3.81. The first-order valence-corrected chi connectivity index (χ1v) is 9.28. The minimum Gasteiger partial charge on any atom is -0.457 e. The van der Waals surface area contributed by atoms with Crippen molar-refractivity contribution in [1.82, 2.24) is 4.90 Å². The summed E-state index contributed by atoms with van der Waals surface area (Å²) in [7, 11) is 0. The number of nitrogens with zero attached hydrogens (tertiary/aromatic N) is 2. The van der Waals surface area contributed by atoms with E-state index in [2.05, 4.69) is 0 Å². The molecule has 1 amide bonds. The number of Topliss-reactive ketones (excluding diaryl/α,β-unsaturated/α-hetero) is 1. The van der Waals surface area contributed by atoms with Crippen molar-refractivity contribution in [3.05, 3.63) is 81.0 Å². The molecule has 0 saturated carbocycles. The van der Waals surface area contributed by atoms with Gasteiger partial charge in [-0.15, -0.1) is 0 Å². The van der Waals surface area contributed by atoms with Gasteiger partial charge in [0.1, 0.15) is 0 Å². The van der Waals surface area contributed by atoms with Crippen molar-refractivity contribution in [2.75, 3.05) is 6.61 Å². The van der Waals surface area contributed by atoms with E-state index in [1.165, 1.54) is 30.0 Å². The molecule has 0 fully saturated rings. The highest BCUT2D eigenvalue weighted by Crippen LogP contribution is 2.33. The van der Waals surface area contributed by atoms with Gasteiger partial charge in [-0.25, -0.2) is 0 Å². The van der Waals surface area contributed by atoms with Gasteiger partial charge in [-0.3, -0.25) is 24.5 Å². The van der Waals surface area contributed by atoms with E-state index < -0.39 is 29.3 Å². The molecule has 1 aliphatic heterocycles. The number of hydrogen-bond donors (Lipinski definition) is 0. The van der Waals surface area contributed by atoms with E-state index in [1.54, 1.807) is 19.2 Å². The molecule has 30 heavy (non-hydrogen) atoms. The monoisotopic (exact) mass is 408 g/mol. The molecule has 0 radical (unpaired) electrons. The predicted octanol–water partition coefficient (Wildman–Crippen LogP) is 3.59. The number of nitro groups is 1. The molecule has 8 nitrogen and oxygen atoms in total. The van der Waals surface area contributed by atoms with E-state index in [-0.39, 0.29) is 23.6 Å². The lowest BCUT2D eigenvalue weighted by Gasteiger charge is -2.32. The maximum atomic E-state index is 12.4. The van der Waals surface area contributed by atoms with Crippen LogP contribution in [0.15, 0.2) is 48.7 Å². The molecule has 0 unspecified atom stereocenters. The van der Waals surface area contributed by atoms with E-state index in [0.29, 0.717) is 5.56 Å². The smallest absolute Gasteiger partial charge is 0.308 e. The number of hydrogen-bond acceptors (Lipinski definition) is 6. The molecule has 0 aromatic heterocycles. The number of carbonyl (C=O) groups is 3. The van der Waals surface area contributed by atoms with Gasteiger partial charge in [0.2, 0.25) is 11.7 Å². The molecule has 2 aromatic carbocycles. The Kier molecular flexibility index (Phi) is 6.06. The molecule has 154 valence electrons. The molecule has 0 saturated heterocycles. The number of ketones is 1. The zero-order chi connectivity index (χ0) is 21.8. The number of rotatable bonds is 6. The number of aryl methyl sites for hydroxylation is 1. The molecule has 2 aromatic rings. The predicted molar refractivity (Wildman–Crippen MR) is 108 cm³/mol. The summed E-state index contributed by atoms with van der Waals surface area (Å²) < 4.78 is 5.11. The fourth-order valence-corrected chi connectivity index (χ4v) is 3.34. The molecule has 0 bridgehead atoms. The van der Waals surface area contributed by atoms with E-state index in [0.717, 1.165) is 11.1 Å². The summed E-state index contributed by atoms with van der Waals surface area (Å²) in [4.78, 5) is 48.6. The van der Waals surface area contributed by atoms with Gasteiger partial charge in [0.05, 0.1) is 17.4 Å². The first-order valence-electron chi connectivity index (χ1n) is 9.28. The summed E-state index contributed by atoms with van der Waals surface area (Å²) in [5.74, 6) is -1.41. The Morgan fingerprint density at radius 1 is 1.17 bits per heavy atom. The van der Waals surface area contributed by atoms with Crippen LogP contribution in [0, 0.1) is 17.0 Å². The number of nitro benzene ring substituents is 1. The van der Waals surface area contributed by atoms with E-state index in [4.69, 9.17) is 4.74 Å². The number of fused-ring (bicyclic) bond motifs is 1. The van der Waals surface area contributed by atoms with Gasteiger partial charge in [0, 0.05) is 30.3 Å². The molecular weight excluding hydrogens is 388 g/mol. The van der Waals surface area contributed by atoms with Gasteiger partial charge in [-0.1, -0.05) is 36.4 Å². The van der Waals surface area contributed by atoms with Crippen LogP contribution < -0.4 is 0 Å². The van der Waals surface area contributed by atoms with Crippen LogP contribution in [0.5, 0.6) is 0 Å². The second-order valence-electron chi connectivity index (χ2n) is 6.93. The maximum absolute atomic E-state index is 12.4. The van der Waals surface area contributed by atoms with Gasteiger partial charge in [-0.2, -0.15) is 0 Å². The summed E-state index contributed by atoms with van der Waals surface area (Å²) >= 11 is 0. The van der Waals surface area contributed by atoms with E-state index >= 15 is 0 Å². The molecular formula is C22H20N2O6. The van der Waals surface area contributed by atoms with Gasteiger partial charge < -0.3 is 9.64 Å². The standard InChI is InChI=1S/C22H20N2O6/c1-14-7-8-17(11-19(14)24(28)29)21(26)13-30-22(27)12-20-18-6-4-3-5-16(18)9-10-23(20)15(2)25/h3-11,20H,12-13H2,1-2H3/t20-/m1/s1. The molecule has 1 aliphatic rings. The number of amides is 1. The van der Waals surface area contributed by atoms with Crippen molar-refractivity contribution < 1.29 is 24.0 Å². The van der Waals surface area contributed by atoms with Crippen LogP contribution in [-0.2, 0) is 14.3 Å². The highest BCUT2D eigenvalue weighted by atomic mass is 16.6. The Balaban J connectivity index is 1.69. The molecule has 1 heterocycles. The molecule has 0 N–H and O–H groups in total. The van der Waals surface area contributed by atoms with Crippen molar-refractivity contribution in [2.24, 2.45) is 0 Å². The fraction of sp³-hybridized carbons (Fsp3) is 0.227. The van der Waals surface area contributed by atoms with Crippen LogP contribution in [0.25, 0.3) is 6.08 Å². The summed E-state index contributed by atoms with van der Waals surface area (Å²) in [5, 5.41) is 11.0. The first-order chi connectivity index (χ1) is 14.3. The zero-order valence-corrected chi connectivity index (χ0v) is 16.5. The zero-order valence-electron chi connectivity index (χ0n) is 16.5. The lowest BCUT2D eigenvalue weighted by atomic mass is 9.94. The maximum Gasteiger partial charge on any atom is 0.308 e. The van der Waals surface area contributed by atoms with Crippen LogP contribution >= 0.6 is 0 Å². The van der Waals surface area contributed by atoms with E-state index in [9.17, 15) is 24.5 Å². The Labute approximate surface area is 172 Å². The van der Waals surface area contributed by atoms with Gasteiger partial charge in [-0.05, 0) is 24.1 Å². The minimum absolute atomic E-state index is 0.0939. The largest absolute Gasteiger partial charge is 0.457 e. The van der Waals surface area contributed by atoms with Crippen LogP contribution in [0.1, 0.15) is 46.4 Å². The SMILES string of the molecule is CC(=O)N1C=Cc2ccccc2[C@H]1CC(=O)OCC(=O)c1ccc(C)c([N+](=O)[O-])c1. The number of ether oxygens (including phenoxy) is 1. The van der Waals surface area contributed by atoms with Crippen molar-refractivity contribution in [3.63, 3.8) is 0 Å². The quantitative estimate of drug-likeness (QED) is 0.313. The molecule has 0 aliphatic carbocycles. The molecule has 3 rings (SSSR count). The third kappa shape index (κ3) is 4.43. The van der Waals surface area contributed by atoms with Crippen molar-refractivity contribution in [1.29, 1.82) is 0 Å². The Morgan fingerprint density at radius 2 is 1.90 bits per heavy atom. The van der Waals surface area contributed by atoms with Gasteiger partial charge in [0.25, 0.3) is 5.69 Å². The van der Waals surface area contributed by atoms with E-state index in [1.807, 2.05) is 24.3 Å². The van der Waals surface area contributed by atoms with Gasteiger partial charge >= 0.3 is 5.97 Å². The Bertz CT molecular complexity index is 1060. The molecule has 1 atom stereocenters. The van der Waals surface area contributed by atoms with Crippen molar-refractivity contribution in [2.45, 2.75) is 26.3 Å². The first kappa shape index (κ1) is 20.9. The number of benzene rings is 2. The summed E-state index contributed by atoms with van der Waals surface area (Å²) in [5.41, 5.74) is 2.07. The lowest BCUT2D eigenvalue weighted by Crippen LogP contribution is -2.32. The topological polar surface area (TPSA) is 107 Å². The average molecular weight is 408 g/mol. The Morgan fingerprint density at radius 3 is 2.60 bits per heavy atom. The summed E-state index contributed by atoms with van der Waals surface area (Å²) in [6.45, 7) is 2.44. The number of esters is 1. The molecule has 8 heteroatoms. The normalized spacial score (nSPS) is 14.7. The summed E-state index contributed by atoms with van der Waals surface area (Å²) in [6.07, 6.45) is 3.30. The fourth-order valence-electron chi connectivity index (χ4n) is 3.34. The second kappa shape index (κ2) is 8.69. The van der Waals surface area contributed by atoms with Crippen LogP contribution in [0.3, 0.4) is 0 Å². The molecule has 0 spiro atoms. The minimum atomic E-state index is -0.647. The lowest BCUT2D eigenvalue weighted by molar-refractivity contribution is -0.385. The summed E-state index contributed by atoms with van der Waals surface area (Å²) in [6, 6.07) is 11.0. The van der Waals surface area contributed by atoms with Crippen LogP contribution in [0.2, 0.25) is 0 Å². The average Bonchev–Trinajstić information content (AvgIpc) is 2.72. The van der Waals surface area contributed by atoms with Crippen molar-refractivity contribution >= 4 is 29.4 Å². The van der Waals surface area contributed by atoms with Crippen LogP contribution in [-0.4, -0.2) is 34.1 Å². The van der Waals surface area contributed by atoms with Crippen molar-refractivity contribution in [3.8, 4) is 0 Å². The third-order valence-corrected chi connectivity index (χ3v) is 4.92.